The normalized spacial score (nSPS) is 11.1. The van der Waals surface area contributed by atoms with Gasteiger partial charge in [0, 0.05) is 5.69 Å². The molecule has 0 heterocycles. The van der Waals surface area contributed by atoms with E-state index >= 15 is 0 Å². The number of rotatable bonds is 7. The van der Waals surface area contributed by atoms with Gasteiger partial charge in [-0.25, -0.2) is 0 Å². The topological polar surface area (TPSA) is 42.8 Å². The highest BCUT2D eigenvalue weighted by Crippen LogP contribution is 2.53. The summed E-state index contributed by atoms with van der Waals surface area (Å²) in [5.74, 6) is 0. The molecule has 0 unspecified atom stereocenters. The van der Waals surface area contributed by atoms with E-state index < -0.39 is 7.66 Å². The molecule has 1 N–H and O–H groups in total. The summed E-state index contributed by atoms with van der Waals surface area (Å²) in [5, 5.41) is 3.34. The minimum absolute atomic E-state index is 0.532. The molecule has 0 saturated heterocycles. The molecule has 0 amide bonds. The third kappa shape index (κ3) is 4.71. The standard InChI is InChI=1S/C16H21N2O2P/c1-3-19-21(20-4-2,17-15-11-7-5-8-12-15)18-16-13-9-6-10-14-16/h5-14,17H,3-4H2,1-2H3. The monoisotopic (exact) mass is 304 g/mol. The van der Waals surface area contributed by atoms with E-state index in [0.717, 1.165) is 11.4 Å². The van der Waals surface area contributed by atoms with Crippen molar-refractivity contribution in [1.29, 1.82) is 0 Å². The second-order valence-electron chi connectivity index (χ2n) is 4.27. The Morgan fingerprint density at radius 3 is 1.90 bits per heavy atom. The van der Waals surface area contributed by atoms with Crippen LogP contribution in [0.3, 0.4) is 0 Å². The van der Waals surface area contributed by atoms with Crippen molar-refractivity contribution in [3.8, 4) is 0 Å². The minimum atomic E-state index is -2.56. The van der Waals surface area contributed by atoms with Crippen molar-refractivity contribution in [2.24, 2.45) is 4.74 Å². The minimum Gasteiger partial charge on any atom is -0.309 e. The van der Waals surface area contributed by atoms with Crippen molar-refractivity contribution in [2.75, 3.05) is 18.3 Å². The SMILES string of the molecule is CCOP(=Nc1ccccc1)(Nc1ccccc1)OCC. The fourth-order valence-electron chi connectivity index (χ4n) is 1.86. The molecule has 112 valence electrons. The number of nitrogens with zero attached hydrogens (tertiary/aromatic N) is 1. The molecular formula is C16H21N2O2P. The summed E-state index contributed by atoms with van der Waals surface area (Å²) in [4.78, 5) is 0. The molecule has 0 saturated carbocycles. The Labute approximate surface area is 126 Å². The average Bonchev–Trinajstić information content (AvgIpc) is 2.50. The second kappa shape index (κ2) is 7.99. The molecule has 0 aliphatic carbocycles. The van der Waals surface area contributed by atoms with E-state index in [0.29, 0.717) is 13.2 Å². The fraction of sp³-hybridized carbons (Fsp3) is 0.250. The molecule has 0 aliphatic heterocycles. The van der Waals surface area contributed by atoms with Crippen molar-refractivity contribution < 1.29 is 9.05 Å². The van der Waals surface area contributed by atoms with E-state index in [-0.39, 0.29) is 0 Å². The van der Waals surface area contributed by atoms with E-state index in [1.165, 1.54) is 0 Å². The van der Waals surface area contributed by atoms with Crippen molar-refractivity contribution in [3.05, 3.63) is 60.7 Å². The Kier molecular flexibility index (Phi) is 6.00. The van der Waals surface area contributed by atoms with Crippen LogP contribution in [0.4, 0.5) is 11.4 Å². The highest BCUT2D eigenvalue weighted by molar-refractivity contribution is 7.58. The first-order valence-corrected chi connectivity index (χ1v) is 8.65. The van der Waals surface area contributed by atoms with Crippen LogP contribution in [0.1, 0.15) is 13.8 Å². The third-order valence-corrected chi connectivity index (χ3v) is 4.91. The number of benzene rings is 2. The van der Waals surface area contributed by atoms with Crippen LogP contribution in [0.2, 0.25) is 0 Å². The van der Waals surface area contributed by atoms with Crippen molar-refractivity contribution in [3.63, 3.8) is 0 Å². The first kappa shape index (κ1) is 15.8. The van der Waals surface area contributed by atoms with Crippen molar-refractivity contribution in [2.45, 2.75) is 13.8 Å². The lowest BCUT2D eigenvalue weighted by molar-refractivity contribution is 0.263. The van der Waals surface area contributed by atoms with Crippen LogP contribution in [0.5, 0.6) is 0 Å². The largest absolute Gasteiger partial charge is 0.319 e. The molecule has 0 fully saturated rings. The van der Waals surface area contributed by atoms with Crippen LogP contribution in [0.25, 0.3) is 0 Å². The maximum Gasteiger partial charge on any atom is 0.319 e. The molecule has 0 bridgehead atoms. The molecule has 2 rings (SSSR count). The molecule has 0 spiro atoms. The molecule has 21 heavy (non-hydrogen) atoms. The van der Waals surface area contributed by atoms with Gasteiger partial charge in [0.25, 0.3) is 0 Å². The van der Waals surface area contributed by atoms with E-state index in [2.05, 4.69) is 5.09 Å². The summed E-state index contributed by atoms with van der Waals surface area (Å²) in [5.41, 5.74) is 1.78. The molecule has 0 aromatic heterocycles. The zero-order valence-electron chi connectivity index (χ0n) is 12.4. The molecular weight excluding hydrogens is 283 g/mol. The van der Waals surface area contributed by atoms with E-state index in [9.17, 15) is 0 Å². The summed E-state index contributed by atoms with van der Waals surface area (Å²) in [6.07, 6.45) is 0. The van der Waals surface area contributed by atoms with Crippen LogP contribution in [0, 0.1) is 0 Å². The van der Waals surface area contributed by atoms with Crippen molar-refractivity contribution in [1.82, 2.24) is 0 Å². The van der Waals surface area contributed by atoms with Crippen LogP contribution < -0.4 is 5.09 Å². The Morgan fingerprint density at radius 1 is 0.857 bits per heavy atom. The van der Waals surface area contributed by atoms with Gasteiger partial charge < -0.3 is 14.1 Å². The van der Waals surface area contributed by atoms with Gasteiger partial charge in [0.1, 0.15) is 0 Å². The molecule has 5 heteroatoms. The number of nitrogens with one attached hydrogen (secondary N) is 1. The van der Waals surface area contributed by atoms with E-state index in [4.69, 9.17) is 13.8 Å². The van der Waals surface area contributed by atoms with Gasteiger partial charge in [-0.3, -0.25) is 0 Å². The van der Waals surface area contributed by atoms with Gasteiger partial charge in [0.05, 0.1) is 18.9 Å². The van der Waals surface area contributed by atoms with Crippen LogP contribution in [-0.2, 0) is 9.05 Å². The second-order valence-corrected chi connectivity index (χ2v) is 6.25. The van der Waals surface area contributed by atoms with Crippen LogP contribution >= 0.6 is 7.66 Å². The maximum absolute atomic E-state index is 5.89. The summed E-state index contributed by atoms with van der Waals surface area (Å²) in [6.45, 7) is 4.95. The predicted octanol–water partition coefficient (Wildman–Crippen LogP) is 5.45. The Balaban J connectivity index is 2.39. The highest BCUT2D eigenvalue weighted by Gasteiger charge is 2.21. The molecule has 4 nitrogen and oxygen atoms in total. The van der Waals surface area contributed by atoms with Gasteiger partial charge in [-0.2, -0.15) is 4.74 Å². The molecule has 0 radical (unpaired) electrons. The smallest absolute Gasteiger partial charge is 0.309 e. The van der Waals surface area contributed by atoms with E-state index in [1.54, 1.807) is 0 Å². The lowest BCUT2D eigenvalue weighted by Gasteiger charge is -2.24. The lowest BCUT2D eigenvalue weighted by Crippen LogP contribution is -2.05. The first-order chi connectivity index (χ1) is 10.3. The van der Waals surface area contributed by atoms with Crippen LogP contribution in [-0.4, -0.2) is 13.2 Å². The molecule has 0 aliphatic rings. The number of anilines is 1. The Bertz CT molecular complexity index is 578. The lowest BCUT2D eigenvalue weighted by atomic mass is 10.3. The van der Waals surface area contributed by atoms with Gasteiger partial charge in [-0.1, -0.05) is 36.4 Å². The van der Waals surface area contributed by atoms with Crippen LogP contribution in [0.15, 0.2) is 65.4 Å². The quantitative estimate of drug-likeness (QED) is 0.692. The number of para-hydroxylation sites is 1. The number of hydrogen-bond acceptors (Lipinski definition) is 3. The average molecular weight is 304 g/mol. The maximum atomic E-state index is 5.89. The third-order valence-electron chi connectivity index (χ3n) is 2.66. The molecule has 0 atom stereocenters. The summed E-state index contributed by atoms with van der Waals surface area (Å²) in [7, 11) is -2.56. The number of hydrogen-bond donors (Lipinski definition) is 1. The van der Waals surface area contributed by atoms with Crippen molar-refractivity contribution >= 4 is 19.0 Å². The van der Waals surface area contributed by atoms with E-state index in [1.807, 2.05) is 74.5 Å². The van der Waals surface area contributed by atoms with Gasteiger partial charge in [0.15, 0.2) is 0 Å². The highest BCUT2D eigenvalue weighted by atomic mass is 31.2. The Hall–Kier alpha value is -1.61. The van der Waals surface area contributed by atoms with Gasteiger partial charge in [-0.05, 0) is 38.1 Å². The summed E-state index contributed by atoms with van der Waals surface area (Å²) in [6, 6.07) is 19.6. The molecule has 2 aromatic rings. The first-order valence-electron chi connectivity index (χ1n) is 7.08. The van der Waals surface area contributed by atoms with Gasteiger partial charge >= 0.3 is 7.66 Å². The predicted molar refractivity (Wildman–Crippen MR) is 88.8 cm³/mol. The summed E-state index contributed by atoms with van der Waals surface area (Å²) >= 11 is 0. The zero-order chi connectivity index (χ0) is 15.0. The summed E-state index contributed by atoms with van der Waals surface area (Å²) < 4.78 is 16.5. The zero-order valence-corrected chi connectivity index (χ0v) is 13.3. The Morgan fingerprint density at radius 2 is 1.38 bits per heavy atom. The molecule has 2 aromatic carbocycles. The van der Waals surface area contributed by atoms with Gasteiger partial charge in [-0.15, -0.1) is 0 Å². The van der Waals surface area contributed by atoms with Gasteiger partial charge in [0.2, 0.25) is 0 Å². The fourth-order valence-corrected chi connectivity index (χ4v) is 3.84.